The van der Waals surface area contributed by atoms with Gasteiger partial charge in [0.1, 0.15) is 0 Å². The maximum absolute atomic E-state index is 5.69. The van der Waals surface area contributed by atoms with E-state index in [9.17, 15) is 0 Å². The highest BCUT2D eigenvalue weighted by Crippen LogP contribution is 2.31. The van der Waals surface area contributed by atoms with Crippen LogP contribution in [0.3, 0.4) is 0 Å². The molecular weight excluding hydrogens is 192 g/mol. The second-order valence-electron chi connectivity index (χ2n) is 4.75. The first-order valence-electron chi connectivity index (χ1n) is 5.94. The standard InChI is InChI=1S/C11H22N2O2/c1-10(8-12)9-13-4-2-11(3-5-13)14-6-7-15-11/h10H,2-9,12H2,1H3. The summed E-state index contributed by atoms with van der Waals surface area (Å²) in [5.74, 6) is 0.354. The zero-order valence-electron chi connectivity index (χ0n) is 9.58. The first-order chi connectivity index (χ1) is 7.24. The number of likely N-dealkylation sites (tertiary alicyclic amines) is 1. The highest BCUT2D eigenvalue weighted by molar-refractivity contribution is 4.83. The van der Waals surface area contributed by atoms with Crippen molar-refractivity contribution in [2.45, 2.75) is 25.6 Å². The van der Waals surface area contributed by atoms with Gasteiger partial charge in [0.25, 0.3) is 0 Å². The topological polar surface area (TPSA) is 47.7 Å². The lowest BCUT2D eigenvalue weighted by Gasteiger charge is -2.38. The Kier molecular flexibility index (Phi) is 3.61. The van der Waals surface area contributed by atoms with Crippen LogP contribution in [-0.4, -0.2) is 50.1 Å². The molecule has 88 valence electrons. The average molecular weight is 214 g/mol. The van der Waals surface area contributed by atoms with Crippen molar-refractivity contribution in [1.29, 1.82) is 0 Å². The van der Waals surface area contributed by atoms with E-state index in [1.807, 2.05) is 0 Å². The number of nitrogens with zero attached hydrogens (tertiary/aromatic N) is 1. The molecule has 0 saturated carbocycles. The van der Waals surface area contributed by atoms with Crippen molar-refractivity contribution in [2.75, 3.05) is 39.4 Å². The summed E-state index contributed by atoms with van der Waals surface area (Å²) in [6.07, 6.45) is 2.01. The average Bonchev–Trinajstić information content (AvgIpc) is 2.70. The van der Waals surface area contributed by atoms with E-state index < -0.39 is 0 Å². The molecule has 2 aliphatic heterocycles. The predicted octanol–water partition coefficient (Wildman–Crippen LogP) is 0.420. The lowest BCUT2D eigenvalue weighted by atomic mass is 10.0. The first kappa shape index (κ1) is 11.3. The van der Waals surface area contributed by atoms with Gasteiger partial charge in [-0.15, -0.1) is 0 Å². The van der Waals surface area contributed by atoms with Gasteiger partial charge < -0.3 is 20.1 Å². The molecule has 0 amide bonds. The molecule has 2 rings (SSSR count). The number of piperidine rings is 1. The van der Waals surface area contributed by atoms with Gasteiger partial charge in [-0.3, -0.25) is 0 Å². The third kappa shape index (κ3) is 2.69. The lowest BCUT2D eigenvalue weighted by Crippen LogP contribution is -2.46. The summed E-state index contributed by atoms with van der Waals surface area (Å²) in [4.78, 5) is 2.47. The zero-order valence-corrected chi connectivity index (χ0v) is 9.58. The minimum atomic E-state index is -0.234. The van der Waals surface area contributed by atoms with Gasteiger partial charge >= 0.3 is 0 Å². The Labute approximate surface area is 91.7 Å². The zero-order chi connectivity index (χ0) is 10.7. The number of hydrogen-bond donors (Lipinski definition) is 1. The Morgan fingerprint density at radius 2 is 1.87 bits per heavy atom. The summed E-state index contributed by atoms with van der Waals surface area (Å²) in [5.41, 5.74) is 5.63. The molecule has 1 unspecified atom stereocenters. The Balaban J connectivity index is 1.76. The first-order valence-corrected chi connectivity index (χ1v) is 5.94. The predicted molar refractivity (Wildman–Crippen MR) is 58.5 cm³/mol. The van der Waals surface area contributed by atoms with E-state index in [1.54, 1.807) is 0 Å². The Hall–Kier alpha value is -0.160. The highest BCUT2D eigenvalue weighted by atomic mass is 16.7. The Morgan fingerprint density at radius 1 is 1.27 bits per heavy atom. The van der Waals surface area contributed by atoms with Crippen LogP contribution in [0, 0.1) is 5.92 Å². The van der Waals surface area contributed by atoms with Crippen LogP contribution in [-0.2, 0) is 9.47 Å². The van der Waals surface area contributed by atoms with Crippen molar-refractivity contribution in [3.05, 3.63) is 0 Å². The van der Waals surface area contributed by atoms with Gasteiger partial charge in [-0.25, -0.2) is 0 Å². The monoisotopic (exact) mass is 214 g/mol. The number of hydrogen-bond acceptors (Lipinski definition) is 4. The van der Waals surface area contributed by atoms with Crippen LogP contribution in [0.25, 0.3) is 0 Å². The molecule has 2 heterocycles. The summed E-state index contributed by atoms with van der Waals surface area (Å²) >= 11 is 0. The van der Waals surface area contributed by atoms with Gasteiger partial charge in [-0.05, 0) is 12.5 Å². The van der Waals surface area contributed by atoms with Crippen molar-refractivity contribution in [3.8, 4) is 0 Å². The molecule has 2 fully saturated rings. The number of rotatable bonds is 3. The van der Waals surface area contributed by atoms with E-state index in [4.69, 9.17) is 15.2 Å². The molecule has 1 atom stereocenters. The quantitative estimate of drug-likeness (QED) is 0.739. The third-order valence-corrected chi connectivity index (χ3v) is 3.40. The number of nitrogens with two attached hydrogens (primary N) is 1. The molecule has 2 saturated heterocycles. The highest BCUT2D eigenvalue weighted by Gasteiger charge is 2.39. The van der Waals surface area contributed by atoms with Crippen molar-refractivity contribution in [2.24, 2.45) is 11.7 Å². The van der Waals surface area contributed by atoms with Gasteiger partial charge in [0.15, 0.2) is 5.79 Å². The van der Waals surface area contributed by atoms with E-state index in [2.05, 4.69) is 11.8 Å². The molecular formula is C11H22N2O2. The molecule has 2 aliphatic rings. The lowest BCUT2D eigenvalue weighted by molar-refractivity contribution is -0.185. The van der Waals surface area contributed by atoms with Crippen LogP contribution in [0.4, 0.5) is 0 Å². The minimum absolute atomic E-state index is 0.234. The molecule has 0 aliphatic carbocycles. The van der Waals surface area contributed by atoms with Gasteiger partial charge in [0, 0.05) is 32.5 Å². The molecule has 0 aromatic heterocycles. The second-order valence-corrected chi connectivity index (χ2v) is 4.75. The molecule has 0 aromatic carbocycles. The maximum atomic E-state index is 5.69. The van der Waals surface area contributed by atoms with E-state index in [1.165, 1.54) is 0 Å². The largest absolute Gasteiger partial charge is 0.347 e. The SMILES string of the molecule is CC(CN)CN1CCC2(CC1)OCCO2. The summed E-state index contributed by atoms with van der Waals surface area (Å²) in [7, 11) is 0. The number of ether oxygens (including phenoxy) is 2. The second kappa shape index (κ2) is 4.78. The van der Waals surface area contributed by atoms with Crippen LogP contribution in [0.15, 0.2) is 0 Å². The fourth-order valence-electron chi connectivity index (χ4n) is 2.38. The third-order valence-electron chi connectivity index (χ3n) is 3.40. The van der Waals surface area contributed by atoms with Crippen LogP contribution in [0.2, 0.25) is 0 Å². The molecule has 2 N–H and O–H groups in total. The summed E-state index contributed by atoms with van der Waals surface area (Å²) in [6.45, 7) is 7.75. The van der Waals surface area contributed by atoms with Crippen LogP contribution in [0.5, 0.6) is 0 Å². The Bertz CT molecular complexity index is 195. The molecule has 4 nitrogen and oxygen atoms in total. The minimum Gasteiger partial charge on any atom is -0.347 e. The van der Waals surface area contributed by atoms with E-state index in [-0.39, 0.29) is 5.79 Å². The van der Waals surface area contributed by atoms with Gasteiger partial charge in [-0.1, -0.05) is 6.92 Å². The normalized spacial score (nSPS) is 28.4. The van der Waals surface area contributed by atoms with E-state index >= 15 is 0 Å². The smallest absolute Gasteiger partial charge is 0.170 e. The molecule has 1 spiro atoms. The van der Waals surface area contributed by atoms with E-state index in [0.717, 1.165) is 52.2 Å². The molecule has 0 aromatic rings. The summed E-state index contributed by atoms with van der Waals surface area (Å²) in [6, 6.07) is 0. The molecule has 0 radical (unpaired) electrons. The summed E-state index contributed by atoms with van der Waals surface area (Å²) < 4.78 is 11.4. The van der Waals surface area contributed by atoms with Gasteiger partial charge in [-0.2, -0.15) is 0 Å². The van der Waals surface area contributed by atoms with Crippen molar-refractivity contribution in [1.82, 2.24) is 4.90 Å². The molecule has 0 bridgehead atoms. The molecule has 4 heteroatoms. The van der Waals surface area contributed by atoms with Crippen molar-refractivity contribution in [3.63, 3.8) is 0 Å². The fourth-order valence-corrected chi connectivity index (χ4v) is 2.38. The maximum Gasteiger partial charge on any atom is 0.170 e. The summed E-state index contributed by atoms with van der Waals surface area (Å²) in [5, 5.41) is 0. The van der Waals surface area contributed by atoms with Crippen LogP contribution in [0.1, 0.15) is 19.8 Å². The fraction of sp³-hybridized carbons (Fsp3) is 1.00. The molecule has 15 heavy (non-hydrogen) atoms. The Morgan fingerprint density at radius 3 is 2.40 bits per heavy atom. The van der Waals surface area contributed by atoms with Crippen molar-refractivity contribution >= 4 is 0 Å². The van der Waals surface area contributed by atoms with Crippen LogP contribution >= 0.6 is 0 Å². The van der Waals surface area contributed by atoms with Gasteiger partial charge in [0.2, 0.25) is 0 Å². The van der Waals surface area contributed by atoms with Crippen molar-refractivity contribution < 1.29 is 9.47 Å². The van der Waals surface area contributed by atoms with Gasteiger partial charge in [0.05, 0.1) is 13.2 Å². The van der Waals surface area contributed by atoms with Crippen LogP contribution < -0.4 is 5.73 Å². The van der Waals surface area contributed by atoms with E-state index in [0.29, 0.717) is 5.92 Å².